The Hall–Kier alpha value is -1.79. The van der Waals surface area contributed by atoms with Crippen LogP contribution in [0.1, 0.15) is 24.4 Å². The summed E-state index contributed by atoms with van der Waals surface area (Å²) >= 11 is 0. The highest BCUT2D eigenvalue weighted by Crippen LogP contribution is 2.23. The van der Waals surface area contributed by atoms with Crippen molar-refractivity contribution in [1.82, 2.24) is 15.5 Å². The van der Waals surface area contributed by atoms with Crippen LogP contribution in [0.2, 0.25) is 0 Å². The molecule has 0 spiro atoms. The third-order valence-corrected chi connectivity index (χ3v) is 4.04. The van der Waals surface area contributed by atoms with E-state index in [1.54, 1.807) is 14.2 Å². The molecule has 2 rings (SSSR count). The van der Waals surface area contributed by atoms with Gasteiger partial charge in [0.1, 0.15) is 5.75 Å². The summed E-state index contributed by atoms with van der Waals surface area (Å²) in [6.45, 7) is 2.09. The maximum absolute atomic E-state index is 5.34. The van der Waals surface area contributed by atoms with E-state index in [1.807, 2.05) is 12.1 Å². The molecule has 0 heterocycles. The number of methoxy groups -OCH3 is 2. The quantitative estimate of drug-likeness (QED) is 0.408. The Kier molecular flexibility index (Phi) is 7.34. The van der Waals surface area contributed by atoms with Crippen LogP contribution in [0.3, 0.4) is 0 Å². The molecule has 2 N–H and O–H groups in total. The minimum Gasteiger partial charge on any atom is -0.497 e. The van der Waals surface area contributed by atoms with Crippen LogP contribution in [0.4, 0.5) is 0 Å². The molecule has 6 heteroatoms. The predicted octanol–water partition coefficient (Wildman–Crippen LogP) is 1.64. The summed E-state index contributed by atoms with van der Waals surface area (Å²) in [4.78, 5) is 6.97. The molecule has 0 bridgehead atoms. The van der Waals surface area contributed by atoms with Gasteiger partial charge in [-0.2, -0.15) is 0 Å². The first kappa shape index (κ1) is 18.5. The molecule has 0 aliphatic heterocycles. The van der Waals surface area contributed by atoms with Crippen molar-refractivity contribution < 1.29 is 9.47 Å². The Balaban J connectivity index is 2.05. The second kappa shape index (κ2) is 9.49. The van der Waals surface area contributed by atoms with Crippen molar-refractivity contribution in [2.24, 2.45) is 4.99 Å². The third kappa shape index (κ3) is 6.02. The highest BCUT2D eigenvalue weighted by molar-refractivity contribution is 5.80. The van der Waals surface area contributed by atoms with Crippen LogP contribution in [0.5, 0.6) is 5.75 Å². The summed E-state index contributed by atoms with van der Waals surface area (Å²) < 4.78 is 10.4. The van der Waals surface area contributed by atoms with E-state index in [0.717, 1.165) is 18.3 Å². The summed E-state index contributed by atoms with van der Waals surface area (Å²) in [5, 5.41) is 6.79. The highest BCUT2D eigenvalue weighted by atomic mass is 16.5. The number of hydrogen-bond acceptors (Lipinski definition) is 4. The van der Waals surface area contributed by atoms with Crippen LogP contribution in [0.25, 0.3) is 0 Å². The van der Waals surface area contributed by atoms with Gasteiger partial charge in [-0.15, -0.1) is 0 Å². The van der Waals surface area contributed by atoms with Crippen LogP contribution in [-0.2, 0) is 4.74 Å². The topological polar surface area (TPSA) is 58.1 Å². The van der Waals surface area contributed by atoms with Crippen molar-refractivity contribution in [1.29, 1.82) is 0 Å². The molecule has 1 fully saturated rings. The lowest BCUT2D eigenvalue weighted by Gasteiger charge is -2.24. The van der Waals surface area contributed by atoms with E-state index in [2.05, 4.69) is 41.8 Å². The van der Waals surface area contributed by atoms with E-state index in [0.29, 0.717) is 19.2 Å². The van der Waals surface area contributed by atoms with E-state index in [4.69, 9.17) is 14.5 Å². The Bertz CT molecular complexity index is 530. The first-order valence-corrected chi connectivity index (χ1v) is 8.48. The van der Waals surface area contributed by atoms with Crippen LogP contribution >= 0.6 is 0 Å². The normalized spacial score (nSPS) is 16.1. The Morgan fingerprint density at radius 3 is 2.75 bits per heavy atom. The molecule has 6 nitrogen and oxygen atoms in total. The molecule has 0 saturated heterocycles. The largest absolute Gasteiger partial charge is 0.497 e. The first-order valence-electron chi connectivity index (χ1n) is 8.48. The van der Waals surface area contributed by atoms with Gasteiger partial charge in [0.05, 0.1) is 26.3 Å². The number of rotatable bonds is 9. The van der Waals surface area contributed by atoms with Gasteiger partial charge < -0.3 is 25.0 Å². The summed E-state index contributed by atoms with van der Waals surface area (Å²) in [7, 11) is 7.55. The predicted molar refractivity (Wildman–Crippen MR) is 97.8 cm³/mol. The molecular weight excluding hydrogens is 304 g/mol. The van der Waals surface area contributed by atoms with E-state index in [1.165, 1.54) is 18.4 Å². The Labute approximate surface area is 145 Å². The van der Waals surface area contributed by atoms with Crippen molar-refractivity contribution in [2.45, 2.75) is 24.9 Å². The molecule has 1 atom stereocenters. The third-order valence-electron chi connectivity index (χ3n) is 4.04. The molecular formula is C18H30N4O2. The molecule has 0 aromatic heterocycles. The van der Waals surface area contributed by atoms with E-state index in [9.17, 15) is 0 Å². The number of hydrogen-bond donors (Lipinski definition) is 2. The molecule has 1 unspecified atom stereocenters. The number of nitrogens with one attached hydrogen (secondary N) is 2. The minimum absolute atomic E-state index is 0.195. The summed E-state index contributed by atoms with van der Waals surface area (Å²) in [5.41, 5.74) is 1.20. The van der Waals surface area contributed by atoms with Crippen molar-refractivity contribution >= 4 is 5.96 Å². The van der Waals surface area contributed by atoms with Gasteiger partial charge in [-0.25, -0.2) is 0 Å². The van der Waals surface area contributed by atoms with Crippen molar-refractivity contribution in [3.63, 3.8) is 0 Å². The van der Waals surface area contributed by atoms with E-state index in [-0.39, 0.29) is 6.04 Å². The van der Waals surface area contributed by atoms with E-state index < -0.39 is 0 Å². The van der Waals surface area contributed by atoms with Crippen LogP contribution in [0, 0.1) is 0 Å². The standard InChI is InChI=1S/C18H30N4O2/c1-22(2)17(14-6-5-7-16(12-14)24-4)13-20-18(19-10-11-23-3)21-15-8-9-15/h5-7,12,15,17H,8-11,13H2,1-4H3,(H2,19,20,21). The van der Waals surface area contributed by atoms with Gasteiger partial charge in [-0.1, -0.05) is 12.1 Å². The Morgan fingerprint density at radius 2 is 2.12 bits per heavy atom. The average Bonchev–Trinajstić information content (AvgIpc) is 3.39. The van der Waals surface area contributed by atoms with Crippen LogP contribution < -0.4 is 15.4 Å². The zero-order chi connectivity index (χ0) is 17.4. The average molecular weight is 334 g/mol. The SMILES string of the molecule is COCCNC(=NCC(c1cccc(OC)c1)N(C)C)NC1CC1. The van der Waals surface area contributed by atoms with Crippen molar-refractivity contribution in [2.75, 3.05) is 48.0 Å². The lowest BCUT2D eigenvalue weighted by atomic mass is 10.1. The van der Waals surface area contributed by atoms with Gasteiger partial charge in [-0.05, 0) is 44.6 Å². The fourth-order valence-electron chi connectivity index (χ4n) is 2.44. The summed E-state index contributed by atoms with van der Waals surface area (Å²) in [6, 6.07) is 8.94. The van der Waals surface area contributed by atoms with Crippen molar-refractivity contribution in [3.8, 4) is 5.75 Å². The number of likely N-dealkylation sites (N-methyl/N-ethyl adjacent to an activating group) is 1. The van der Waals surface area contributed by atoms with Crippen molar-refractivity contribution in [3.05, 3.63) is 29.8 Å². The highest BCUT2D eigenvalue weighted by Gasteiger charge is 2.22. The number of ether oxygens (including phenoxy) is 2. The molecule has 1 saturated carbocycles. The Morgan fingerprint density at radius 1 is 1.33 bits per heavy atom. The smallest absolute Gasteiger partial charge is 0.191 e. The zero-order valence-corrected chi connectivity index (χ0v) is 15.2. The molecule has 1 aromatic carbocycles. The maximum atomic E-state index is 5.34. The molecule has 0 radical (unpaired) electrons. The maximum Gasteiger partial charge on any atom is 0.191 e. The van der Waals surface area contributed by atoms with Gasteiger partial charge in [0.25, 0.3) is 0 Å². The van der Waals surface area contributed by atoms with Gasteiger partial charge in [-0.3, -0.25) is 4.99 Å². The van der Waals surface area contributed by atoms with Gasteiger partial charge in [0, 0.05) is 19.7 Å². The number of benzene rings is 1. The number of nitrogens with zero attached hydrogens (tertiary/aromatic N) is 2. The molecule has 1 aliphatic rings. The number of aliphatic imine (C=N–C) groups is 1. The molecule has 24 heavy (non-hydrogen) atoms. The van der Waals surface area contributed by atoms with Gasteiger partial charge in [0.15, 0.2) is 5.96 Å². The second-order valence-electron chi connectivity index (χ2n) is 6.28. The first-order chi connectivity index (χ1) is 11.6. The fourth-order valence-corrected chi connectivity index (χ4v) is 2.44. The van der Waals surface area contributed by atoms with Crippen LogP contribution in [0.15, 0.2) is 29.3 Å². The molecule has 134 valence electrons. The minimum atomic E-state index is 0.195. The summed E-state index contributed by atoms with van der Waals surface area (Å²) in [6.07, 6.45) is 2.44. The molecule has 1 aromatic rings. The monoisotopic (exact) mass is 334 g/mol. The fraction of sp³-hybridized carbons (Fsp3) is 0.611. The lowest BCUT2D eigenvalue weighted by molar-refractivity contribution is 0.203. The van der Waals surface area contributed by atoms with Crippen LogP contribution in [-0.4, -0.2) is 64.9 Å². The van der Waals surface area contributed by atoms with Gasteiger partial charge >= 0.3 is 0 Å². The summed E-state index contributed by atoms with van der Waals surface area (Å²) in [5.74, 6) is 1.74. The van der Waals surface area contributed by atoms with E-state index >= 15 is 0 Å². The molecule has 1 aliphatic carbocycles. The lowest BCUT2D eigenvalue weighted by Crippen LogP contribution is -2.40. The van der Waals surface area contributed by atoms with Gasteiger partial charge in [0.2, 0.25) is 0 Å². The second-order valence-corrected chi connectivity index (χ2v) is 6.28. The number of guanidine groups is 1. The molecule has 0 amide bonds. The zero-order valence-electron chi connectivity index (χ0n) is 15.2.